The molecule has 96 valence electrons. The molecule has 16 heavy (non-hydrogen) atoms. The highest BCUT2D eigenvalue weighted by atomic mass is 79.9. The highest BCUT2D eigenvalue weighted by Crippen LogP contribution is 1.88. The zero-order valence-corrected chi connectivity index (χ0v) is 11.7. The van der Waals surface area contributed by atoms with Gasteiger partial charge in [-0.3, -0.25) is 9.59 Å². The summed E-state index contributed by atoms with van der Waals surface area (Å²) in [5, 5.41) is 15.6. The van der Waals surface area contributed by atoms with E-state index in [2.05, 4.69) is 41.3 Å². The van der Waals surface area contributed by atoms with Crippen molar-refractivity contribution in [1.82, 2.24) is 0 Å². The summed E-state index contributed by atoms with van der Waals surface area (Å²) in [5.74, 6) is -0.741. The first-order valence-corrected chi connectivity index (χ1v) is 6.51. The van der Waals surface area contributed by atoms with Crippen LogP contribution >= 0.6 is 31.9 Å². The Morgan fingerprint density at radius 3 is 1.38 bits per heavy atom. The first kappa shape index (κ1) is 18.2. The Bertz CT molecular complexity index is 167. The van der Waals surface area contributed by atoms with Crippen molar-refractivity contribution in [2.75, 3.05) is 37.1 Å². The summed E-state index contributed by atoms with van der Waals surface area (Å²) in [6.07, 6.45) is 0. The Kier molecular flexibility index (Phi) is 16.9. The first-order valence-electron chi connectivity index (χ1n) is 4.27. The third-order valence-corrected chi connectivity index (χ3v) is 1.84. The number of esters is 2. The van der Waals surface area contributed by atoms with E-state index in [9.17, 15) is 9.59 Å². The third kappa shape index (κ3) is 16.3. The standard InChI is InChI=1S/C6H8Br2O4.C2H6O2/c7-3-5(9)11-1-2-12-6(10)4-8;3-1-2-4/h1-4H2;3-4H,1-2H2. The number of rotatable bonds is 6. The van der Waals surface area contributed by atoms with Crippen LogP contribution in [0.15, 0.2) is 0 Å². The first-order chi connectivity index (χ1) is 7.62. The van der Waals surface area contributed by atoms with Crippen molar-refractivity contribution in [2.24, 2.45) is 0 Å². The van der Waals surface area contributed by atoms with Crippen molar-refractivity contribution in [3.05, 3.63) is 0 Å². The van der Waals surface area contributed by atoms with Gasteiger partial charge in [-0.15, -0.1) is 0 Å². The van der Waals surface area contributed by atoms with Crippen molar-refractivity contribution in [2.45, 2.75) is 0 Å². The number of aliphatic hydroxyl groups is 2. The largest absolute Gasteiger partial charge is 0.461 e. The maximum Gasteiger partial charge on any atom is 0.316 e. The fourth-order valence-electron chi connectivity index (χ4n) is 0.388. The number of ether oxygens (including phenoxy) is 2. The van der Waals surface area contributed by atoms with Gasteiger partial charge < -0.3 is 19.7 Å². The van der Waals surface area contributed by atoms with E-state index in [0.717, 1.165) is 0 Å². The number of alkyl halides is 2. The maximum absolute atomic E-state index is 10.5. The smallest absolute Gasteiger partial charge is 0.316 e. The van der Waals surface area contributed by atoms with Gasteiger partial charge in [0.2, 0.25) is 0 Å². The molecule has 0 aliphatic rings. The third-order valence-electron chi connectivity index (χ3n) is 0.928. The molecule has 0 saturated carbocycles. The van der Waals surface area contributed by atoms with Crippen LogP contribution in [0.5, 0.6) is 0 Å². The van der Waals surface area contributed by atoms with Crippen LogP contribution in [0.4, 0.5) is 0 Å². The van der Waals surface area contributed by atoms with Crippen LogP contribution in [0, 0.1) is 0 Å². The minimum atomic E-state index is -0.370. The second-order valence-corrected chi connectivity index (χ2v) is 3.28. The average Bonchev–Trinajstić information content (AvgIpc) is 2.34. The van der Waals surface area contributed by atoms with E-state index in [1.54, 1.807) is 0 Å². The van der Waals surface area contributed by atoms with Crippen LogP contribution in [0.2, 0.25) is 0 Å². The summed E-state index contributed by atoms with van der Waals surface area (Å²) >= 11 is 5.84. The van der Waals surface area contributed by atoms with Gasteiger partial charge in [0.15, 0.2) is 0 Å². The fraction of sp³-hybridized carbons (Fsp3) is 0.750. The minimum Gasteiger partial charge on any atom is -0.461 e. The van der Waals surface area contributed by atoms with Gasteiger partial charge in [-0.2, -0.15) is 0 Å². The van der Waals surface area contributed by atoms with Gasteiger partial charge in [0.05, 0.1) is 13.2 Å². The molecule has 0 aromatic rings. The SMILES string of the molecule is O=C(CBr)OCCOC(=O)CBr.OCCO. The molecule has 8 heteroatoms. The van der Waals surface area contributed by atoms with Crippen LogP contribution in [0.3, 0.4) is 0 Å². The molecule has 0 aliphatic carbocycles. The van der Waals surface area contributed by atoms with E-state index in [4.69, 9.17) is 10.2 Å². The van der Waals surface area contributed by atoms with E-state index < -0.39 is 0 Å². The van der Waals surface area contributed by atoms with Crippen molar-refractivity contribution in [3.63, 3.8) is 0 Å². The quantitative estimate of drug-likeness (QED) is 0.386. The van der Waals surface area contributed by atoms with E-state index in [1.165, 1.54) is 0 Å². The van der Waals surface area contributed by atoms with E-state index in [-0.39, 0.29) is 49.0 Å². The normalized spacial score (nSPS) is 8.75. The monoisotopic (exact) mass is 364 g/mol. The van der Waals surface area contributed by atoms with Gasteiger partial charge in [0.25, 0.3) is 0 Å². The maximum atomic E-state index is 10.5. The lowest BCUT2D eigenvalue weighted by molar-refractivity contribution is -0.148. The lowest BCUT2D eigenvalue weighted by atomic mass is 10.7. The topological polar surface area (TPSA) is 93.1 Å². The summed E-state index contributed by atoms with van der Waals surface area (Å²) in [4.78, 5) is 21.0. The lowest BCUT2D eigenvalue weighted by Crippen LogP contribution is -2.14. The number of carbonyl (C=O) groups is 2. The van der Waals surface area contributed by atoms with Crippen LogP contribution in [-0.4, -0.2) is 59.2 Å². The highest BCUT2D eigenvalue weighted by molar-refractivity contribution is 9.09. The molecule has 0 bridgehead atoms. The van der Waals surface area contributed by atoms with Crippen molar-refractivity contribution in [3.8, 4) is 0 Å². The van der Waals surface area contributed by atoms with Crippen LogP contribution in [-0.2, 0) is 19.1 Å². The Morgan fingerprint density at radius 2 is 1.19 bits per heavy atom. The predicted octanol–water partition coefficient (Wildman–Crippen LogP) is -0.166. The Hall–Kier alpha value is -0.180. The molecule has 0 unspecified atom stereocenters. The molecule has 0 heterocycles. The number of halogens is 2. The molecule has 0 saturated heterocycles. The van der Waals surface area contributed by atoms with Gasteiger partial charge in [-0.1, -0.05) is 31.9 Å². The Morgan fingerprint density at radius 1 is 0.875 bits per heavy atom. The second-order valence-electron chi connectivity index (χ2n) is 2.16. The number of hydrogen-bond donors (Lipinski definition) is 2. The molecule has 0 spiro atoms. The van der Waals surface area contributed by atoms with Gasteiger partial charge in [0.1, 0.15) is 23.9 Å². The number of hydrogen-bond acceptors (Lipinski definition) is 6. The summed E-state index contributed by atoms with van der Waals surface area (Å²) in [6.45, 7) is -0.0493. The molecule has 0 rings (SSSR count). The fourth-order valence-corrected chi connectivity index (χ4v) is 0.712. The Labute approximate surface area is 110 Å². The van der Waals surface area contributed by atoms with E-state index in [1.807, 2.05) is 0 Å². The van der Waals surface area contributed by atoms with Crippen molar-refractivity contribution < 1.29 is 29.3 Å². The molecule has 2 N–H and O–H groups in total. The van der Waals surface area contributed by atoms with E-state index >= 15 is 0 Å². The van der Waals surface area contributed by atoms with Crippen LogP contribution in [0.1, 0.15) is 0 Å². The van der Waals surface area contributed by atoms with Gasteiger partial charge in [0, 0.05) is 0 Å². The molecular weight excluding hydrogens is 352 g/mol. The molecule has 0 atom stereocenters. The summed E-state index contributed by atoms with van der Waals surface area (Å²) in [5.41, 5.74) is 0. The minimum absolute atomic E-state index is 0.100. The number of carbonyl (C=O) groups excluding carboxylic acids is 2. The summed E-state index contributed by atoms with van der Waals surface area (Å²) in [6, 6.07) is 0. The van der Waals surface area contributed by atoms with Crippen LogP contribution < -0.4 is 0 Å². The Balaban J connectivity index is 0. The lowest BCUT2D eigenvalue weighted by Gasteiger charge is -2.02. The van der Waals surface area contributed by atoms with Gasteiger partial charge >= 0.3 is 11.9 Å². The molecule has 0 aromatic heterocycles. The summed E-state index contributed by atoms with van der Waals surface area (Å²) < 4.78 is 9.22. The summed E-state index contributed by atoms with van der Waals surface area (Å²) in [7, 11) is 0. The van der Waals surface area contributed by atoms with Gasteiger partial charge in [-0.25, -0.2) is 0 Å². The molecule has 0 amide bonds. The molecule has 0 aromatic carbocycles. The van der Waals surface area contributed by atoms with E-state index in [0.29, 0.717) is 0 Å². The van der Waals surface area contributed by atoms with Gasteiger partial charge in [-0.05, 0) is 0 Å². The predicted molar refractivity (Wildman–Crippen MR) is 63.7 cm³/mol. The van der Waals surface area contributed by atoms with Crippen LogP contribution in [0.25, 0.3) is 0 Å². The highest BCUT2D eigenvalue weighted by Gasteiger charge is 2.01. The molecule has 0 fully saturated rings. The zero-order chi connectivity index (χ0) is 12.8. The average molecular weight is 366 g/mol. The van der Waals surface area contributed by atoms with Crippen molar-refractivity contribution in [1.29, 1.82) is 0 Å². The molecule has 0 radical (unpaired) electrons. The van der Waals surface area contributed by atoms with Crippen molar-refractivity contribution >= 4 is 43.8 Å². The number of aliphatic hydroxyl groups excluding tert-OH is 2. The molecular formula is C8H14Br2O6. The molecule has 6 nitrogen and oxygen atoms in total. The zero-order valence-electron chi connectivity index (χ0n) is 8.53. The second kappa shape index (κ2) is 14.8. The molecule has 0 aliphatic heterocycles.